The number of allylic oxidation sites excluding steroid dienone is 2. The third-order valence-corrected chi connectivity index (χ3v) is 5.59. The number of hydrazone groups is 1. The Balaban J connectivity index is 1.46. The van der Waals surface area contributed by atoms with Crippen LogP contribution in [0.2, 0.25) is 5.02 Å². The van der Waals surface area contributed by atoms with E-state index in [-0.39, 0.29) is 47.1 Å². The number of carbonyl (C=O) groups is 3. The Morgan fingerprint density at radius 3 is 2.52 bits per heavy atom. The summed E-state index contributed by atoms with van der Waals surface area (Å²) in [5.41, 5.74) is 0.601. The van der Waals surface area contributed by atoms with Gasteiger partial charge in [-0.15, -0.1) is 0 Å². The first-order valence-corrected chi connectivity index (χ1v) is 8.96. The third kappa shape index (κ3) is 3.02. The zero-order valence-electron chi connectivity index (χ0n) is 14.5. The van der Waals surface area contributed by atoms with Crippen LogP contribution in [0.4, 0.5) is 0 Å². The molecular weight excluding hydrogens is 372 g/mol. The second kappa shape index (κ2) is 6.81. The van der Waals surface area contributed by atoms with Crippen molar-refractivity contribution in [2.45, 2.75) is 6.42 Å². The number of rotatable bonds is 5. The first-order valence-electron chi connectivity index (χ1n) is 8.59. The lowest BCUT2D eigenvalue weighted by Crippen LogP contribution is -2.28. The smallest absolute Gasteiger partial charge is 0.343 e. The molecule has 0 spiro atoms. The average Bonchev–Trinajstić information content (AvgIpc) is 3.33. The number of hydrogen-bond acceptors (Lipinski definition) is 6. The van der Waals surface area contributed by atoms with Crippen molar-refractivity contribution in [3.8, 4) is 5.75 Å². The Morgan fingerprint density at radius 2 is 1.93 bits per heavy atom. The highest BCUT2D eigenvalue weighted by Gasteiger charge is 2.59. The van der Waals surface area contributed by atoms with Gasteiger partial charge >= 0.3 is 5.97 Å². The van der Waals surface area contributed by atoms with E-state index >= 15 is 0 Å². The largest absolute Gasteiger partial charge is 0.480 e. The number of ether oxygens (including phenoxy) is 2. The molecule has 2 bridgehead atoms. The summed E-state index contributed by atoms with van der Waals surface area (Å²) in [5.74, 6) is -0.912. The first kappa shape index (κ1) is 17.7. The van der Waals surface area contributed by atoms with Crippen LogP contribution in [0.5, 0.6) is 5.75 Å². The van der Waals surface area contributed by atoms with Gasteiger partial charge in [0.15, 0.2) is 6.61 Å². The minimum absolute atomic E-state index is 0.150. The SMILES string of the molecule is COC(=O)COc1ccc(C=NN2C(=O)C3C4C=CC(C4)C3C2=O)cc1Cl. The predicted octanol–water partition coefficient (Wildman–Crippen LogP) is 2.03. The molecule has 2 aliphatic carbocycles. The quantitative estimate of drug-likeness (QED) is 0.333. The molecule has 8 heteroatoms. The maximum Gasteiger partial charge on any atom is 0.343 e. The number of nitrogens with zero attached hydrogens (tertiary/aromatic N) is 2. The van der Waals surface area contributed by atoms with E-state index < -0.39 is 5.97 Å². The molecule has 0 N–H and O–H groups in total. The van der Waals surface area contributed by atoms with Gasteiger partial charge in [-0.05, 0) is 42.0 Å². The van der Waals surface area contributed by atoms with E-state index in [1.165, 1.54) is 13.3 Å². The topological polar surface area (TPSA) is 85.3 Å². The van der Waals surface area contributed by atoms with E-state index in [0.29, 0.717) is 11.3 Å². The summed E-state index contributed by atoms with van der Waals surface area (Å²) in [7, 11) is 1.27. The van der Waals surface area contributed by atoms with Crippen molar-refractivity contribution in [1.29, 1.82) is 0 Å². The van der Waals surface area contributed by atoms with E-state index in [9.17, 15) is 14.4 Å². The molecule has 4 atom stereocenters. The van der Waals surface area contributed by atoms with Crippen LogP contribution in [0.15, 0.2) is 35.5 Å². The van der Waals surface area contributed by atoms with E-state index in [2.05, 4.69) is 9.84 Å². The average molecular weight is 389 g/mol. The highest BCUT2D eigenvalue weighted by Crippen LogP contribution is 2.52. The fourth-order valence-corrected chi connectivity index (χ4v) is 4.28. The van der Waals surface area contributed by atoms with Crippen LogP contribution in [0.25, 0.3) is 0 Å². The molecule has 1 heterocycles. The van der Waals surface area contributed by atoms with Crippen LogP contribution in [0, 0.1) is 23.7 Å². The molecular formula is C19H17ClN2O5. The second-order valence-corrected chi connectivity index (χ2v) is 7.19. The Kier molecular flexibility index (Phi) is 4.47. The molecule has 1 saturated carbocycles. The summed E-state index contributed by atoms with van der Waals surface area (Å²) in [5, 5.41) is 5.36. The molecule has 4 rings (SSSR count). The van der Waals surface area contributed by atoms with E-state index in [4.69, 9.17) is 16.3 Å². The fraction of sp³-hybridized carbons (Fsp3) is 0.368. The molecule has 3 aliphatic rings. The van der Waals surface area contributed by atoms with Gasteiger partial charge in [-0.1, -0.05) is 23.8 Å². The highest BCUT2D eigenvalue weighted by atomic mass is 35.5. The van der Waals surface area contributed by atoms with Crippen molar-refractivity contribution in [2.75, 3.05) is 13.7 Å². The Bertz CT molecular complexity index is 851. The van der Waals surface area contributed by atoms with Crippen molar-refractivity contribution in [3.05, 3.63) is 40.9 Å². The van der Waals surface area contributed by atoms with Gasteiger partial charge in [0.1, 0.15) is 5.75 Å². The number of halogens is 1. The summed E-state index contributed by atoms with van der Waals surface area (Å²) in [6.45, 7) is -0.250. The maximum atomic E-state index is 12.6. The summed E-state index contributed by atoms with van der Waals surface area (Å²) >= 11 is 6.14. The number of esters is 1. The molecule has 4 unspecified atom stereocenters. The highest BCUT2D eigenvalue weighted by molar-refractivity contribution is 6.32. The van der Waals surface area contributed by atoms with Crippen LogP contribution in [-0.4, -0.2) is 42.7 Å². The van der Waals surface area contributed by atoms with Crippen LogP contribution in [-0.2, 0) is 19.1 Å². The molecule has 1 aromatic rings. The maximum absolute atomic E-state index is 12.6. The normalized spacial score (nSPS) is 28.3. The lowest BCUT2D eigenvalue weighted by atomic mass is 9.85. The summed E-state index contributed by atoms with van der Waals surface area (Å²) in [4.78, 5) is 36.3. The lowest BCUT2D eigenvalue weighted by Gasteiger charge is -2.13. The molecule has 2 amide bonds. The fourth-order valence-electron chi connectivity index (χ4n) is 4.03. The molecule has 140 valence electrons. The molecule has 1 aromatic carbocycles. The van der Waals surface area contributed by atoms with Crippen LogP contribution in [0.3, 0.4) is 0 Å². The molecule has 1 aliphatic heterocycles. The number of imide groups is 1. The van der Waals surface area contributed by atoms with Crippen LogP contribution < -0.4 is 4.74 Å². The van der Waals surface area contributed by atoms with Gasteiger partial charge in [-0.2, -0.15) is 10.1 Å². The van der Waals surface area contributed by atoms with E-state index in [1.54, 1.807) is 18.2 Å². The number of fused-ring (bicyclic) bond motifs is 5. The summed E-state index contributed by atoms with van der Waals surface area (Å²) in [6.07, 6.45) is 6.38. The van der Waals surface area contributed by atoms with Gasteiger partial charge < -0.3 is 9.47 Å². The van der Waals surface area contributed by atoms with Crippen molar-refractivity contribution in [3.63, 3.8) is 0 Å². The van der Waals surface area contributed by atoms with Gasteiger partial charge in [0.2, 0.25) is 0 Å². The molecule has 2 fully saturated rings. The Morgan fingerprint density at radius 1 is 1.26 bits per heavy atom. The van der Waals surface area contributed by atoms with Gasteiger partial charge in [0, 0.05) is 0 Å². The zero-order valence-corrected chi connectivity index (χ0v) is 15.3. The van der Waals surface area contributed by atoms with Crippen molar-refractivity contribution >= 4 is 35.6 Å². The van der Waals surface area contributed by atoms with Crippen molar-refractivity contribution < 1.29 is 23.9 Å². The van der Waals surface area contributed by atoms with E-state index in [1.807, 2.05) is 12.2 Å². The second-order valence-electron chi connectivity index (χ2n) is 6.79. The van der Waals surface area contributed by atoms with Crippen LogP contribution in [0.1, 0.15) is 12.0 Å². The minimum Gasteiger partial charge on any atom is -0.480 e. The zero-order chi connectivity index (χ0) is 19.1. The first-order chi connectivity index (χ1) is 13.0. The Hall–Kier alpha value is -2.67. The number of methoxy groups -OCH3 is 1. The molecule has 1 saturated heterocycles. The number of hydrogen-bond donors (Lipinski definition) is 0. The van der Waals surface area contributed by atoms with Crippen molar-refractivity contribution in [2.24, 2.45) is 28.8 Å². The van der Waals surface area contributed by atoms with Gasteiger partial charge in [-0.25, -0.2) is 4.79 Å². The number of carbonyl (C=O) groups excluding carboxylic acids is 3. The lowest BCUT2D eigenvalue weighted by molar-refractivity contribution is -0.143. The van der Waals surface area contributed by atoms with Gasteiger partial charge in [0.25, 0.3) is 11.8 Å². The van der Waals surface area contributed by atoms with Gasteiger partial charge in [0.05, 0.1) is 30.2 Å². The number of amides is 2. The van der Waals surface area contributed by atoms with E-state index in [0.717, 1.165) is 11.4 Å². The summed E-state index contributed by atoms with van der Waals surface area (Å²) < 4.78 is 9.76. The monoisotopic (exact) mass is 388 g/mol. The predicted molar refractivity (Wildman–Crippen MR) is 96.1 cm³/mol. The van der Waals surface area contributed by atoms with Crippen molar-refractivity contribution in [1.82, 2.24) is 5.01 Å². The molecule has 27 heavy (non-hydrogen) atoms. The van der Waals surface area contributed by atoms with Crippen LogP contribution >= 0.6 is 11.6 Å². The molecule has 7 nitrogen and oxygen atoms in total. The number of benzene rings is 1. The van der Waals surface area contributed by atoms with Gasteiger partial charge in [-0.3, -0.25) is 9.59 Å². The summed E-state index contributed by atoms with van der Waals surface area (Å²) in [6, 6.07) is 4.83. The molecule has 0 radical (unpaired) electrons. The standard InChI is InChI=1S/C19H17ClN2O5/c1-26-15(23)9-27-14-5-2-10(6-13(14)20)8-21-22-18(24)16-11-3-4-12(7-11)17(16)19(22)25/h2-6,8,11-12,16-17H,7,9H2,1H3. The third-order valence-electron chi connectivity index (χ3n) is 5.30. The minimum atomic E-state index is -0.517. The Labute approximate surface area is 160 Å². The molecule has 0 aromatic heterocycles.